The molecule has 0 aromatic heterocycles. The zero-order valence-corrected chi connectivity index (χ0v) is 17.2. The van der Waals surface area contributed by atoms with Crippen LogP contribution in [0, 0.1) is 34.5 Å². The van der Waals surface area contributed by atoms with E-state index in [1.165, 1.54) is 51.4 Å². The summed E-state index contributed by atoms with van der Waals surface area (Å²) in [7, 11) is 4.51. The molecule has 0 aromatic carbocycles. The number of hydrogen-bond acceptors (Lipinski definition) is 3. The molecule has 5 rings (SSSR count). The largest absolute Gasteiger partial charge is 0.314 e. The predicted octanol–water partition coefficient (Wildman–Crippen LogP) is 4.57. The van der Waals surface area contributed by atoms with Gasteiger partial charge in [-0.3, -0.25) is 0 Å². The monoisotopic (exact) mass is 358 g/mol. The third-order valence-electron chi connectivity index (χ3n) is 10.1. The minimum absolute atomic E-state index is 0.373. The van der Waals surface area contributed by atoms with Crippen molar-refractivity contribution in [1.82, 2.24) is 9.96 Å². The first-order valence-corrected chi connectivity index (χ1v) is 11.2. The highest BCUT2D eigenvalue weighted by Crippen LogP contribution is 2.68. The van der Waals surface area contributed by atoms with Gasteiger partial charge in [0.2, 0.25) is 0 Å². The molecule has 1 aliphatic heterocycles. The molecule has 4 aliphatic carbocycles. The zero-order chi connectivity index (χ0) is 18.3. The fraction of sp³-hybridized carbons (Fsp3) is 0.913. The van der Waals surface area contributed by atoms with Crippen molar-refractivity contribution in [3.63, 3.8) is 0 Å². The molecule has 26 heavy (non-hydrogen) atoms. The molecular formula is C23H38N2O. The highest BCUT2D eigenvalue weighted by molar-refractivity contribution is 5.26. The van der Waals surface area contributed by atoms with E-state index in [0.29, 0.717) is 16.9 Å². The molecule has 1 saturated heterocycles. The van der Waals surface area contributed by atoms with Gasteiger partial charge < -0.3 is 10.1 Å². The van der Waals surface area contributed by atoms with E-state index in [-0.39, 0.29) is 0 Å². The highest BCUT2D eigenvalue weighted by atomic mass is 16.5. The van der Waals surface area contributed by atoms with Crippen molar-refractivity contribution in [2.24, 2.45) is 34.5 Å². The molecule has 5 aliphatic rings. The average Bonchev–Trinajstić information content (AvgIpc) is 3.08. The number of fused-ring (bicyclic) bond motifs is 4. The molecule has 3 saturated carbocycles. The lowest BCUT2D eigenvalue weighted by molar-refractivity contribution is -0.119. The Hall–Kier alpha value is -0.380. The van der Waals surface area contributed by atoms with E-state index >= 15 is 0 Å². The van der Waals surface area contributed by atoms with Gasteiger partial charge in [0, 0.05) is 18.6 Å². The molecule has 4 fully saturated rings. The van der Waals surface area contributed by atoms with Crippen LogP contribution in [0.25, 0.3) is 0 Å². The molecular weight excluding hydrogens is 320 g/mol. The molecule has 8 atom stereocenters. The molecule has 1 N–H and O–H groups in total. The lowest BCUT2D eigenvalue weighted by atomic mass is 9.47. The molecule has 0 bridgehead atoms. The normalized spacial score (nSPS) is 53.7. The Labute approximate surface area is 159 Å². The molecule has 1 spiro atoms. The zero-order valence-electron chi connectivity index (χ0n) is 17.2. The fourth-order valence-electron chi connectivity index (χ4n) is 8.62. The second kappa shape index (κ2) is 5.81. The Morgan fingerprint density at radius 2 is 1.85 bits per heavy atom. The van der Waals surface area contributed by atoms with E-state index in [1.807, 2.05) is 0 Å². The number of rotatable bonds is 1. The maximum absolute atomic E-state index is 10.5. The summed E-state index contributed by atoms with van der Waals surface area (Å²) in [6.07, 6.45) is 13.6. The first kappa shape index (κ1) is 17.7. The Kier molecular flexibility index (Phi) is 3.96. The van der Waals surface area contributed by atoms with Crippen molar-refractivity contribution >= 4 is 0 Å². The second-order valence-electron chi connectivity index (χ2n) is 10.9. The predicted molar refractivity (Wildman–Crippen MR) is 105 cm³/mol. The number of nitrogens with zero attached hydrogens (tertiary/aromatic N) is 2. The van der Waals surface area contributed by atoms with Gasteiger partial charge in [-0.25, -0.2) is 0 Å². The van der Waals surface area contributed by atoms with Crippen LogP contribution < -0.4 is 0 Å². The SMILES string of the molecule is C[C@H]1[C@H]2CC[C@H]3[C@@H]4CC=C5C[C@@H](N(C)C)CC[C@]5(C)[C@H]4CC[C@]23CN1O. The summed E-state index contributed by atoms with van der Waals surface area (Å²) < 4.78 is 0. The summed E-state index contributed by atoms with van der Waals surface area (Å²) in [6.45, 7) is 5.82. The van der Waals surface area contributed by atoms with Crippen molar-refractivity contribution in [2.75, 3.05) is 20.6 Å². The van der Waals surface area contributed by atoms with Gasteiger partial charge in [-0.05, 0) is 107 Å². The van der Waals surface area contributed by atoms with Crippen LogP contribution in [-0.4, -0.2) is 47.9 Å². The van der Waals surface area contributed by atoms with Gasteiger partial charge in [-0.2, -0.15) is 5.06 Å². The van der Waals surface area contributed by atoms with E-state index in [9.17, 15) is 5.21 Å². The first-order valence-electron chi connectivity index (χ1n) is 11.2. The number of hydrogen-bond donors (Lipinski definition) is 1. The van der Waals surface area contributed by atoms with Gasteiger partial charge in [0.1, 0.15) is 0 Å². The van der Waals surface area contributed by atoms with Crippen LogP contribution in [0.2, 0.25) is 0 Å². The summed E-state index contributed by atoms with van der Waals surface area (Å²) in [5.74, 6) is 3.35. The molecule has 1 heterocycles. The maximum atomic E-state index is 10.5. The van der Waals surface area contributed by atoms with Crippen LogP contribution >= 0.6 is 0 Å². The standard InChI is InChI=1S/C23H38N2O/c1-15-19-7-8-21-18-6-5-16-13-17(24(3)4)9-11-22(16,2)20(18)10-12-23(19,21)14-25(15)26/h5,15,17-21,26H,6-14H2,1-4H3/t15-,17-,18+,19+,20-,21-,22-,23-/m0/s1. The summed E-state index contributed by atoms with van der Waals surface area (Å²) in [4.78, 5) is 2.44. The van der Waals surface area contributed by atoms with Crippen molar-refractivity contribution in [3.05, 3.63) is 11.6 Å². The van der Waals surface area contributed by atoms with E-state index in [2.05, 4.69) is 38.9 Å². The minimum atomic E-state index is 0.373. The topological polar surface area (TPSA) is 26.7 Å². The van der Waals surface area contributed by atoms with Crippen LogP contribution in [0.4, 0.5) is 0 Å². The first-order chi connectivity index (χ1) is 12.4. The van der Waals surface area contributed by atoms with Crippen molar-refractivity contribution in [3.8, 4) is 0 Å². The van der Waals surface area contributed by atoms with Gasteiger partial charge >= 0.3 is 0 Å². The molecule has 3 heteroatoms. The van der Waals surface area contributed by atoms with Gasteiger partial charge in [0.05, 0.1) is 0 Å². The lowest BCUT2D eigenvalue weighted by Crippen LogP contribution is -2.52. The average molecular weight is 359 g/mol. The molecule has 3 nitrogen and oxygen atoms in total. The minimum Gasteiger partial charge on any atom is -0.314 e. The van der Waals surface area contributed by atoms with E-state index in [4.69, 9.17) is 0 Å². The van der Waals surface area contributed by atoms with Crippen molar-refractivity contribution in [1.29, 1.82) is 0 Å². The van der Waals surface area contributed by atoms with Crippen LogP contribution in [0.15, 0.2) is 11.6 Å². The Balaban J connectivity index is 1.45. The lowest BCUT2D eigenvalue weighted by Gasteiger charge is -2.58. The Morgan fingerprint density at radius 3 is 2.62 bits per heavy atom. The van der Waals surface area contributed by atoms with Crippen LogP contribution in [-0.2, 0) is 0 Å². The van der Waals surface area contributed by atoms with Crippen LogP contribution in [0.5, 0.6) is 0 Å². The highest BCUT2D eigenvalue weighted by Gasteiger charge is 2.64. The van der Waals surface area contributed by atoms with Crippen LogP contribution in [0.1, 0.15) is 65.2 Å². The molecule has 146 valence electrons. The summed E-state index contributed by atoms with van der Waals surface area (Å²) in [5, 5.41) is 12.2. The molecule has 0 aromatic rings. The van der Waals surface area contributed by atoms with Crippen molar-refractivity contribution < 1.29 is 5.21 Å². The second-order valence-corrected chi connectivity index (χ2v) is 10.9. The third kappa shape index (κ3) is 2.17. The van der Waals surface area contributed by atoms with Crippen molar-refractivity contribution in [2.45, 2.75) is 77.3 Å². The summed E-state index contributed by atoms with van der Waals surface area (Å²) in [6, 6.07) is 1.12. The quantitative estimate of drug-likeness (QED) is 0.696. The Bertz CT molecular complexity index is 615. The number of hydroxylamine groups is 2. The van der Waals surface area contributed by atoms with Gasteiger partial charge in [0.15, 0.2) is 0 Å². The molecule has 0 unspecified atom stereocenters. The van der Waals surface area contributed by atoms with Gasteiger partial charge in [-0.1, -0.05) is 18.6 Å². The molecule has 0 radical (unpaired) electrons. The summed E-state index contributed by atoms with van der Waals surface area (Å²) >= 11 is 0. The Morgan fingerprint density at radius 1 is 1.08 bits per heavy atom. The third-order valence-corrected chi connectivity index (χ3v) is 10.1. The molecule has 0 amide bonds. The van der Waals surface area contributed by atoms with E-state index in [1.54, 1.807) is 10.6 Å². The smallest absolute Gasteiger partial charge is 0.0356 e. The van der Waals surface area contributed by atoms with E-state index < -0.39 is 0 Å². The number of allylic oxidation sites excluding steroid dienone is 1. The fourth-order valence-corrected chi connectivity index (χ4v) is 8.62. The maximum Gasteiger partial charge on any atom is 0.0356 e. The van der Waals surface area contributed by atoms with Gasteiger partial charge in [0.25, 0.3) is 0 Å². The van der Waals surface area contributed by atoms with Gasteiger partial charge in [-0.15, -0.1) is 0 Å². The van der Waals surface area contributed by atoms with Crippen LogP contribution in [0.3, 0.4) is 0 Å². The summed E-state index contributed by atoms with van der Waals surface area (Å²) in [5.41, 5.74) is 2.67. The van der Waals surface area contributed by atoms with E-state index in [0.717, 1.165) is 36.3 Å².